The Bertz CT molecular complexity index is 383. The van der Waals surface area contributed by atoms with Crippen molar-refractivity contribution in [1.82, 2.24) is 4.98 Å². The van der Waals surface area contributed by atoms with Crippen LogP contribution in [0.1, 0.15) is 0 Å². The number of hydrogen-bond donors (Lipinski definition) is 2. The Labute approximate surface area is 80.2 Å². The summed E-state index contributed by atoms with van der Waals surface area (Å²) in [5.41, 5.74) is 6.44. The van der Waals surface area contributed by atoms with Crippen LogP contribution in [0.15, 0.2) is 30.3 Å². The molecule has 3 nitrogen and oxygen atoms in total. The lowest BCUT2D eigenvalue weighted by atomic mass is 10.3. The number of para-hydroxylation sites is 1. The van der Waals surface area contributed by atoms with E-state index in [4.69, 9.17) is 5.73 Å². The summed E-state index contributed by atoms with van der Waals surface area (Å²) in [4.78, 5) is 4.04. The molecule has 1 aromatic carbocycles. The number of rotatable bonds is 2. The smallest absolute Gasteiger partial charge is 0.189 e. The molecule has 65 valence electrons. The van der Waals surface area contributed by atoms with Crippen molar-refractivity contribution in [3.63, 3.8) is 0 Å². The second kappa shape index (κ2) is 3.45. The first-order valence-electron chi connectivity index (χ1n) is 3.80. The maximum absolute atomic E-state index is 5.44. The second-order valence-electron chi connectivity index (χ2n) is 2.50. The first kappa shape index (κ1) is 8.07. The van der Waals surface area contributed by atoms with Crippen molar-refractivity contribution >= 4 is 28.0 Å². The topological polar surface area (TPSA) is 50.9 Å². The summed E-state index contributed by atoms with van der Waals surface area (Å²) < 4.78 is 0. The molecule has 0 bridgehead atoms. The Kier molecular flexibility index (Phi) is 2.14. The van der Waals surface area contributed by atoms with Gasteiger partial charge in [0.1, 0.15) is 5.82 Å². The van der Waals surface area contributed by atoms with Crippen LogP contribution < -0.4 is 11.1 Å². The van der Waals surface area contributed by atoms with Gasteiger partial charge in [-0.2, -0.15) is 0 Å². The summed E-state index contributed by atoms with van der Waals surface area (Å²) in [5, 5.41) is 6.72. The molecule has 1 heterocycles. The zero-order valence-corrected chi connectivity index (χ0v) is 7.64. The molecule has 13 heavy (non-hydrogen) atoms. The standard InChI is InChI=1S/C9H8N3S/c10-8-6-13-9(12-8)11-7-4-2-1-3-5-7/h1-5H,10H2,(H,11,12). The van der Waals surface area contributed by atoms with Crippen LogP contribution in [-0.4, -0.2) is 4.98 Å². The summed E-state index contributed by atoms with van der Waals surface area (Å²) in [6.07, 6.45) is 0. The minimum Gasteiger partial charge on any atom is -0.382 e. The average Bonchev–Trinajstić information content (AvgIpc) is 2.53. The highest BCUT2D eigenvalue weighted by molar-refractivity contribution is 7.13. The van der Waals surface area contributed by atoms with E-state index in [0.29, 0.717) is 5.82 Å². The molecule has 2 aromatic rings. The van der Waals surface area contributed by atoms with Crippen LogP contribution in [0.3, 0.4) is 0 Å². The number of nitrogens with one attached hydrogen (secondary N) is 1. The van der Waals surface area contributed by atoms with Crippen LogP contribution in [-0.2, 0) is 0 Å². The third-order valence-electron chi connectivity index (χ3n) is 1.50. The minimum absolute atomic E-state index is 0.434. The molecule has 2 rings (SSSR count). The number of hydrogen-bond acceptors (Lipinski definition) is 4. The Morgan fingerprint density at radius 1 is 1.31 bits per heavy atom. The Balaban J connectivity index is 2.15. The van der Waals surface area contributed by atoms with Gasteiger partial charge in [0.15, 0.2) is 5.13 Å². The van der Waals surface area contributed by atoms with Crippen molar-refractivity contribution in [2.24, 2.45) is 0 Å². The van der Waals surface area contributed by atoms with Crippen LogP contribution in [0.25, 0.3) is 0 Å². The average molecular weight is 190 g/mol. The van der Waals surface area contributed by atoms with Crippen molar-refractivity contribution in [1.29, 1.82) is 0 Å². The van der Waals surface area contributed by atoms with E-state index in [1.165, 1.54) is 11.3 Å². The van der Waals surface area contributed by atoms with Gasteiger partial charge >= 0.3 is 0 Å². The van der Waals surface area contributed by atoms with Gasteiger partial charge in [-0.05, 0) is 12.1 Å². The molecule has 1 aromatic heterocycles. The quantitative estimate of drug-likeness (QED) is 0.763. The molecule has 1 radical (unpaired) electrons. The summed E-state index contributed by atoms with van der Waals surface area (Å²) in [6.45, 7) is 0. The Hall–Kier alpha value is -1.55. The normalized spacial score (nSPS) is 9.85. The molecule has 0 saturated carbocycles. The monoisotopic (exact) mass is 190 g/mol. The first-order valence-corrected chi connectivity index (χ1v) is 4.62. The van der Waals surface area contributed by atoms with Gasteiger partial charge < -0.3 is 11.1 Å². The Morgan fingerprint density at radius 3 is 2.69 bits per heavy atom. The third-order valence-corrected chi connectivity index (χ3v) is 2.20. The van der Waals surface area contributed by atoms with Gasteiger partial charge in [0, 0.05) is 5.69 Å². The van der Waals surface area contributed by atoms with Crippen LogP contribution in [0, 0.1) is 5.38 Å². The lowest BCUT2D eigenvalue weighted by Crippen LogP contribution is -1.89. The van der Waals surface area contributed by atoms with Crippen LogP contribution in [0.5, 0.6) is 0 Å². The van der Waals surface area contributed by atoms with E-state index < -0.39 is 0 Å². The van der Waals surface area contributed by atoms with Gasteiger partial charge in [-0.1, -0.05) is 29.5 Å². The van der Waals surface area contributed by atoms with E-state index in [2.05, 4.69) is 15.7 Å². The molecule has 4 heteroatoms. The number of benzene rings is 1. The maximum atomic E-state index is 5.44. The Morgan fingerprint density at radius 2 is 2.08 bits per heavy atom. The van der Waals surface area contributed by atoms with Gasteiger partial charge in [0.25, 0.3) is 0 Å². The summed E-state index contributed by atoms with van der Waals surface area (Å²) in [7, 11) is 0. The molecule has 0 aliphatic heterocycles. The maximum Gasteiger partial charge on any atom is 0.189 e. The molecule has 0 amide bonds. The van der Waals surface area contributed by atoms with Gasteiger partial charge in [-0.25, -0.2) is 4.98 Å². The largest absolute Gasteiger partial charge is 0.382 e. The zero-order chi connectivity index (χ0) is 9.10. The third kappa shape index (κ3) is 1.97. The molecule has 3 N–H and O–H groups in total. The lowest BCUT2D eigenvalue weighted by molar-refractivity contribution is 1.39. The first-order chi connectivity index (χ1) is 6.34. The van der Waals surface area contributed by atoms with Crippen molar-refractivity contribution in [2.75, 3.05) is 11.1 Å². The molecule has 0 aliphatic carbocycles. The fourth-order valence-corrected chi connectivity index (χ4v) is 1.51. The van der Waals surface area contributed by atoms with E-state index in [0.717, 1.165) is 10.8 Å². The predicted octanol–water partition coefficient (Wildman–Crippen LogP) is 2.27. The van der Waals surface area contributed by atoms with Crippen molar-refractivity contribution < 1.29 is 0 Å². The second-order valence-corrected chi connectivity index (χ2v) is 3.29. The van der Waals surface area contributed by atoms with Crippen molar-refractivity contribution in [3.05, 3.63) is 35.7 Å². The van der Waals surface area contributed by atoms with E-state index in [1.54, 1.807) is 0 Å². The van der Waals surface area contributed by atoms with E-state index in [9.17, 15) is 0 Å². The van der Waals surface area contributed by atoms with Gasteiger partial charge in [0.2, 0.25) is 0 Å². The molecular weight excluding hydrogens is 182 g/mol. The number of anilines is 3. The van der Waals surface area contributed by atoms with Crippen molar-refractivity contribution in [3.8, 4) is 0 Å². The SMILES string of the molecule is Nc1[c]sc(Nc2ccccc2)n1. The van der Waals surface area contributed by atoms with Crippen LogP contribution in [0.2, 0.25) is 0 Å². The van der Waals surface area contributed by atoms with Gasteiger partial charge in [0.05, 0.1) is 5.38 Å². The molecule has 0 aliphatic rings. The minimum atomic E-state index is 0.434. The highest BCUT2D eigenvalue weighted by atomic mass is 32.1. The number of aromatic nitrogens is 1. The summed E-state index contributed by atoms with van der Waals surface area (Å²) in [6, 6.07) is 9.83. The van der Waals surface area contributed by atoms with Crippen molar-refractivity contribution in [2.45, 2.75) is 0 Å². The number of nitrogens with two attached hydrogens (primary N) is 1. The van der Waals surface area contributed by atoms with E-state index in [1.807, 2.05) is 30.3 Å². The van der Waals surface area contributed by atoms with Gasteiger partial charge in [-0.3, -0.25) is 0 Å². The molecule has 0 fully saturated rings. The number of thiazole rings is 1. The summed E-state index contributed by atoms with van der Waals surface area (Å²) >= 11 is 1.37. The fraction of sp³-hybridized carbons (Fsp3) is 0. The molecule has 0 saturated heterocycles. The van der Waals surface area contributed by atoms with E-state index >= 15 is 0 Å². The zero-order valence-electron chi connectivity index (χ0n) is 6.82. The molecular formula is C9H8N3S. The van der Waals surface area contributed by atoms with Crippen LogP contribution >= 0.6 is 11.3 Å². The molecule has 0 spiro atoms. The molecule has 0 unspecified atom stereocenters. The van der Waals surface area contributed by atoms with Gasteiger partial charge in [-0.15, -0.1) is 0 Å². The molecule has 0 atom stereocenters. The predicted molar refractivity (Wildman–Crippen MR) is 55.1 cm³/mol. The van der Waals surface area contributed by atoms with E-state index in [-0.39, 0.29) is 0 Å². The highest BCUT2D eigenvalue weighted by Crippen LogP contribution is 2.20. The fourth-order valence-electron chi connectivity index (χ4n) is 0.954. The number of nitrogen functional groups attached to an aromatic ring is 1. The number of nitrogens with zero attached hydrogens (tertiary/aromatic N) is 1. The lowest BCUT2D eigenvalue weighted by Gasteiger charge is -1.99. The highest BCUT2D eigenvalue weighted by Gasteiger charge is 1.98. The van der Waals surface area contributed by atoms with Crippen LogP contribution in [0.4, 0.5) is 16.6 Å². The summed E-state index contributed by atoms with van der Waals surface area (Å²) in [5.74, 6) is 0.434.